The fourth-order valence-electron chi connectivity index (χ4n) is 5.51. The lowest BCUT2D eigenvalue weighted by Gasteiger charge is -2.39. The molecule has 36 heavy (non-hydrogen) atoms. The standard InChI is InChI=1S/C35H24O/c1-3-12-26(13-4-1)32-23-28-16-7-8-17-29(28)24-33(27-14-5-2-6-15-27)35(32)22-21-31-30-18-10-9-11-25(30)19-20-34(31)36-35/h1-24H. The SMILES string of the molecule is C1=CC2(Oc3ccc4ccccc4c31)C(c1ccccc1)=Cc1ccccc1C=C2c1ccccc1. The van der Waals surface area contributed by atoms with Crippen LogP contribution in [0, 0.1) is 0 Å². The molecule has 1 heteroatoms. The van der Waals surface area contributed by atoms with E-state index in [1.165, 1.54) is 21.9 Å². The smallest absolute Gasteiger partial charge is 0.179 e. The highest BCUT2D eigenvalue weighted by atomic mass is 16.5. The van der Waals surface area contributed by atoms with Crippen LogP contribution in [0.5, 0.6) is 5.75 Å². The molecule has 1 aliphatic carbocycles. The van der Waals surface area contributed by atoms with Crippen LogP contribution in [0.4, 0.5) is 0 Å². The van der Waals surface area contributed by atoms with Gasteiger partial charge in [0.05, 0.1) is 0 Å². The minimum absolute atomic E-state index is 0.794. The molecular weight excluding hydrogens is 436 g/mol. The summed E-state index contributed by atoms with van der Waals surface area (Å²) in [7, 11) is 0. The van der Waals surface area contributed by atoms with E-state index in [1.807, 2.05) is 0 Å². The molecule has 0 amide bonds. The first-order valence-corrected chi connectivity index (χ1v) is 12.4. The molecule has 0 atom stereocenters. The second-order valence-corrected chi connectivity index (χ2v) is 9.35. The van der Waals surface area contributed by atoms with E-state index < -0.39 is 5.60 Å². The lowest BCUT2D eigenvalue weighted by molar-refractivity contribution is 0.240. The Morgan fingerprint density at radius 2 is 1.06 bits per heavy atom. The Bertz CT molecular complexity index is 1610. The molecule has 1 spiro atoms. The molecule has 0 bridgehead atoms. The zero-order valence-corrected chi connectivity index (χ0v) is 19.8. The first-order valence-electron chi connectivity index (χ1n) is 12.4. The first-order chi connectivity index (χ1) is 17.8. The van der Waals surface area contributed by atoms with Crippen molar-refractivity contribution in [1.29, 1.82) is 0 Å². The molecule has 0 N–H and O–H groups in total. The topological polar surface area (TPSA) is 9.23 Å². The van der Waals surface area contributed by atoms with Gasteiger partial charge in [0, 0.05) is 16.7 Å². The Morgan fingerprint density at radius 3 is 1.69 bits per heavy atom. The van der Waals surface area contributed by atoms with Gasteiger partial charge in [-0.3, -0.25) is 0 Å². The molecule has 1 aliphatic heterocycles. The van der Waals surface area contributed by atoms with Crippen LogP contribution >= 0.6 is 0 Å². The lowest BCUT2D eigenvalue weighted by atomic mass is 9.77. The van der Waals surface area contributed by atoms with Gasteiger partial charge in [-0.2, -0.15) is 0 Å². The summed E-state index contributed by atoms with van der Waals surface area (Å²) >= 11 is 0. The van der Waals surface area contributed by atoms with Crippen LogP contribution in [0.15, 0.2) is 127 Å². The minimum Gasteiger partial charge on any atom is -0.473 e. The molecule has 1 heterocycles. The summed E-state index contributed by atoms with van der Waals surface area (Å²) in [6, 6.07) is 42.6. The highest BCUT2D eigenvalue weighted by Gasteiger charge is 2.43. The molecule has 0 fully saturated rings. The van der Waals surface area contributed by atoms with Gasteiger partial charge >= 0.3 is 0 Å². The predicted octanol–water partition coefficient (Wildman–Crippen LogP) is 8.78. The van der Waals surface area contributed by atoms with Crippen molar-refractivity contribution >= 4 is 40.1 Å². The monoisotopic (exact) mass is 460 g/mol. The molecule has 170 valence electrons. The fourth-order valence-corrected chi connectivity index (χ4v) is 5.51. The van der Waals surface area contributed by atoms with Crippen LogP contribution in [0.25, 0.3) is 40.1 Å². The van der Waals surface area contributed by atoms with E-state index >= 15 is 0 Å². The highest BCUT2D eigenvalue weighted by Crippen LogP contribution is 2.50. The molecule has 0 radical (unpaired) electrons. The van der Waals surface area contributed by atoms with Crippen LogP contribution in [0.2, 0.25) is 0 Å². The van der Waals surface area contributed by atoms with E-state index in [2.05, 4.69) is 146 Å². The Labute approximate surface area is 211 Å². The third kappa shape index (κ3) is 3.25. The van der Waals surface area contributed by atoms with Crippen LogP contribution in [-0.4, -0.2) is 5.60 Å². The number of ether oxygens (including phenoxy) is 1. The van der Waals surface area contributed by atoms with Crippen LogP contribution in [0.3, 0.4) is 0 Å². The summed E-state index contributed by atoms with van der Waals surface area (Å²) in [5, 5.41) is 2.42. The summed E-state index contributed by atoms with van der Waals surface area (Å²) < 4.78 is 7.19. The van der Waals surface area contributed by atoms with E-state index in [0.717, 1.165) is 33.6 Å². The van der Waals surface area contributed by atoms with Gasteiger partial charge in [-0.1, -0.05) is 115 Å². The number of fused-ring (bicyclic) bond motifs is 4. The third-order valence-corrected chi connectivity index (χ3v) is 7.25. The van der Waals surface area contributed by atoms with Crippen molar-refractivity contribution in [2.24, 2.45) is 0 Å². The average molecular weight is 461 g/mol. The molecule has 5 aromatic carbocycles. The normalized spacial score (nSPS) is 15.3. The largest absolute Gasteiger partial charge is 0.473 e. The molecule has 0 unspecified atom stereocenters. The van der Waals surface area contributed by atoms with Gasteiger partial charge < -0.3 is 4.74 Å². The zero-order valence-electron chi connectivity index (χ0n) is 19.8. The molecule has 7 rings (SSSR count). The van der Waals surface area contributed by atoms with Crippen molar-refractivity contribution in [3.8, 4) is 5.75 Å². The van der Waals surface area contributed by atoms with Gasteiger partial charge in [0.15, 0.2) is 5.60 Å². The van der Waals surface area contributed by atoms with E-state index in [-0.39, 0.29) is 0 Å². The molecular formula is C35H24O. The summed E-state index contributed by atoms with van der Waals surface area (Å²) in [5.41, 5.74) is 7.23. The molecule has 5 aromatic rings. The Balaban J connectivity index is 1.55. The Kier molecular flexibility index (Phi) is 4.75. The summed E-state index contributed by atoms with van der Waals surface area (Å²) in [6.45, 7) is 0. The van der Waals surface area contributed by atoms with Crippen molar-refractivity contribution in [2.75, 3.05) is 0 Å². The predicted molar refractivity (Wildman–Crippen MR) is 151 cm³/mol. The zero-order chi connectivity index (χ0) is 24.0. The van der Waals surface area contributed by atoms with Gasteiger partial charge in [-0.25, -0.2) is 0 Å². The number of rotatable bonds is 2. The maximum Gasteiger partial charge on any atom is 0.179 e. The molecule has 2 aliphatic rings. The van der Waals surface area contributed by atoms with Gasteiger partial charge in [0.25, 0.3) is 0 Å². The van der Waals surface area contributed by atoms with Gasteiger partial charge in [-0.05, 0) is 63.4 Å². The molecule has 0 aromatic heterocycles. The van der Waals surface area contributed by atoms with E-state index in [4.69, 9.17) is 4.74 Å². The van der Waals surface area contributed by atoms with E-state index in [0.29, 0.717) is 0 Å². The van der Waals surface area contributed by atoms with Crippen LogP contribution < -0.4 is 4.74 Å². The first kappa shape index (κ1) is 20.7. The van der Waals surface area contributed by atoms with Crippen molar-refractivity contribution < 1.29 is 4.74 Å². The summed E-state index contributed by atoms with van der Waals surface area (Å²) in [5.74, 6) is 0.894. The number of hydrogen-bond acceptors (Lipinski definition) is 1. The van der Waals surface area contributed by atoms with Gasteiger partial charge in [0.2, 0.25) is 0 Å². The molecule has 0 saturated heterocycles. The summed E-state index contributed by atoms with van der Waals surface area (Å²) in [4.78, 5) is 0. The highest BCUT2D eigenvalue weighted by molar-refractivity contribution is 6.08. The second-order valence-electron chi connectivity index (χ2n) is 9.35. The van der Waals surface area contributed by atoms with Crippen molar-refractivity contribution in [1.82, 2.24) is 0 Å². The van der Waals surface area contributed by atoms with Gasteiger partial charge in [-0.15, -0.1) is 0 Å². The Hall–Kier alpha value is -4.62. The maximum atomic E-state index is 7.19. The second kappa shape index (κ2) is 8.25. The molecule has 1 nitrogen and oxygen atoms in total. The quantitative estimate of drug-likeness (QED) is 0.256. The third-order valence-electron chi connectivity index (χ3n) is 7.25. The average Bonchev–Trinajstić information content (AvgIpc) is 3.09. The minimum atomic E-state index is -0.794. The number of benzene rings is 5. The summed E-state index contributed by atoms with van der Waals surface area (Å²) in [6.07, 6.45) is 9.11. The van der Waals surface area contributed by atoms with Crippen molar-refractivity contribution in [3.63, 3.8) is 0 Å². The maximum absolute atomic E-state index is 7.19. The van der Waals surface area contributed by atoms with Gasteiger partial charge in [0.1, 0.15) is 5.75 Å². The number of hydrogen-bond donors (Lipinski definition) is 0. The lowest BCUT2D eigenvalue weighted by Crippen LogP contribution is -2.38. The van der Waals surface area contributed by atoms with Crippen LogP contribution in [0.1, 0.15) is 27.8 Å². The van der Waals surface area contributed by atoms with E-state index in [9.17, 15) is 0 Å². The van der Waals surface area contributed by atoms with Crippen molar-refractivity contribution in [3.05, 3.63) is 155 Å². The van der Waals surface area contributed by atoms with Crippen LogP contribution in [-0.2, 0) is 0 Å². The Morgan fingerprint density at radius 1 is 0.500 bits per heavy atom. The molecule has 0 saturated carbocycles. The fraction of sp³-hybridized carbons (Fsp3) is 0.0286. The van der Waals surface area contributed by atoms with E-state index in [1.54, 1.807) is 0 Å². The van der Waals surface area contributed by atoms with Crippen molar-refractivity contribution in [2.45, 2.75) is 5.60 Å².